The van der Waals surface area contributed by atoms with Crippen LogP contribution in [-0.4, -0.2) is 25.6 Å². The number of benzene rings is 2. The third-order valence-electron chi connectivity index (χ3n) is 4.16. The lowest BCUT2D eigenvalue weighted by Gasteiger charge is -2.13. The molecule has 0 aliphatic rings. The number of allylic oxidation sites excluding steroid dienone is 2. The number of hydrogen-bond acceptors (Lipinski definition) is 5. The second-order valence-electron chi connectivity index (χ2n) is 6.42. The highest BCUT2D eigenvalue weighted by atomic mass is 32.2. The highest BCUT2D eigenvalue weighted by Crippen LogP contribution is 2.35. The number of aliphatic imine (C=N–C) groups is 1. The van der Waals surface area contributed by atoms with Crippen LogP contribution in [0, 0.1) is 0 Å². The van der Waals surface area contributed by atoms with Crippen LogP contribution in [0.2, 0.25) is 0 Å². The smallest absolute Gasteiger partial charge is 0.395 e. The van der Waals surface area contributed by atoms with E-state index in [4.69, 9.17) is 5.73 Å². The van der Waals surface area contributed by atoms with Crippen LogP contribution in [0.25, 0.3) is 10.4 Å². The van der Waals surface area contributed by atoms with Crippen molar-refractivity contribution < 1.29 is 35.1 Å². The number of aromatic nitrogens is 1. The van der Waals surface area contributed by atoms with Gasteiger partial charge in [0, 0.05) is 11.8 Å². The molecular weight excluding hydrogens is 492 g/mol. The zero-order chi connectivity index (χ0) is 24.4. The monoisotopic (exact) mass is 505 g/mol. The lowest BCUT2D eigenvalue weighted by molar-refractivity contribution is -0.137. The molecule has 0 aliphatic heterocycles. The van der Waals surface area contributed by atoms with E-state index in [2.05, 4.69) is 9.98 Å². The predicted octanol–water partition coefficient (Wildman–Crippen LogP) is 5.94. The van der Waals surface area contributed by atoms with Crippen molar-refractivity contribution in [2.24, 2.45) is 10.7 Å². The summed E-state index contributed by atoms with van der Waals surface area (Å²) in [5.74, 6) is 0. The fraction of sp³-hybridized carbons (Fsp3) is 0.100. The molecule has 0 bridgehead atoms. The molecule has 13 heteroatoms. The minimum atomic E-state index is -4.98. The highest BCUT2D eigenvalue weighted by Gasteiger charge is 2.36. The lowest BCUT2D eigenvalue weighted by atomic mass is 10.0. The van der Waals surface area contributed by atoms with Crippen LogP contribution in [0.3, 0.4) is 0 Å². The maximum absolute atomic E-state index is 13.5. The van der Waals surface area contributed by atoms with Crippen LogP contribution < -0.4 is 5.73 Å². The van der Waals surface area contributed by atoms with E-state index in [1.165, 1.54) is 30.5 Å². The Morgan fingerprint density at radius 1 is 1.09 bits per heavy atom. The Morgan fingerprint density at radius 2 is 1.79 bits per heavy atom. The molecule has 3 aromatic rings. The summed E-state index contributed by atoms with van der Waals surface area (Å²) < 4.78 is 99.9. The quantitative estimate of drug-likeness (QED) is 0.255. The van der Waals surface area contributed by atoms with Crippen molar-refractivity contribution in [3.8, 4) is 10.4 Å². The minimum absolute atomic E-state index is 0.103. The zero-order valence-corrected chi connectivity index (χ0v) is 17.8. The Labute approximate surface area is 189 Å². The maximum Gasteiger partial charge on any atom is 0.430 e. The van der Waals surface area contributed by atoms with Gasteiger partial charge >= 0.3 is 12.4 Å². The average Bonchev–Trinajstić information content (AvgIpc) is 3.20. The standard InChI is InChI=1S/C20H13F6N3O2S2/c21-19(22,23)14-7-2-1-6-13(14)15(9-17(27)20(24,25)26)29-18-28-10-16(32-18)11-4-3-5-12(8-11)33(30)31/h1-10H,27H2,(H,30,31)/b17-9-,29-15-. The van der Waals surface area contributed by atoms with Gasteiger partial charge in [-0.15, -0.1) is 0 Å². The largest absolute Gasteiger partial charge is 0.430 e. The van der Waals surface area contributed by atoms with Crippen LogP contribution >= 0.6 is 11.3 Å². The third kappa shape index (κ3) is 6.06. The van der Waals surface area contributed by atoms with Gasteiger partial charge in [-0.1, -0.05) is 41.7 Å². The van der Waals surface area contributed by atoms with Gasteiger partial charge in [0.05, 0.1) is 21.0 Å². The minimum Gasteiger partial charge on any atom is -0.395 e. The average molecular weight is 505 g/mol. The molecule has 0 saturated heterocycles. The zero-order valence-electron chi connectivity index (χ0n) is 16.2. The summed E-state index contributed by atoms with van der Waals surface area (Å²) in [6.07, 6.45) is -8.22. The van der Waals surface area contributed by atoms with Crippen LogP contribution in [0.5, 0.6) is 0 Å². The molecule has 33 heavy (non-hydrogen) atoms. The van der Waals surface area contributed by atoms with Crippen molar-refractivity contribution in [3.63, 3.8) is 0 Å². The van der Waals surface area contributed by atoms with E-state index in [-0.39, 0.29) is 10.0 Å². The number of thiazole rings is 1. The molecule has 0 fully saturated rings. The molecule has 1 atom stereocenters. The normalized spacial score (nSPS) is 14.4. The number of hydrogen-bond donors (Lipinski definition) is 2. The first-order valence-electron chi connectivity index (χ1n) is 8.83. The number of halogens is 6. The van der Waals surface area contributed by atoms with Crippen molar-refractivity contribution in [2.45, 2.75) is 17.2 Å². The lowest BCUT2D eigenvalue weighted by Crippen LogP contribution is -2.21. The predicted molar refractivity (Wildman–Crippen MR) is 113 cm³/mol. The Kier molecular flexibility index (Phi) is 7.05. The molecule has 2 aromatic carbocycles. The Balaban J connectivity index is 2.13. The molecule has 0 spiro atoms. The van der Waals surface area contributed by atoms with Crippen molar-refractivity contribution in [1.29, 1.82) is 0 Å². The van der Waals surface area contributed by atoms with E-state index in [9.17, 15) is 35.1 Å². The van der Waals surface area contributed by atoms with Gasteiger partial charge in [-0.05, 0) is 29.8 Å². The first-order chi connectivity index (χ1) is 15.4. The molecule has 0 amide bonds. The van der Waals surface area contributed by atoms with E-state index in [1.807, 2.05) is 0 Å². The summed E-state index contributed by atoms with van der Waals surface area (Å²) in [5.41, 5.74) is 1.41. The highest BCUT2D eigenvalue weighted by molar-refractivity contribution is 7.79. The van der Waals surface area contributed by atoms with E-state index in [0.29, 0.717) is 16.5 Å². The molecule has 1 unspecified atom stereocenters. The molecule has 0 aliphatic carbocycles. The van der Waals surface area contributed by atoms with Gasteiger partial charge in [0.25, 0.3) is 0 Å². The molecule has 5 nitrogen and oxygen atoms in total. The summed E-state index contributed by atoms with van der Waals surface area (Å²) in [7, 11) is 0. The van der Waals surface area contributed by atoms with Gasteiger partial charge in [0.2, 0.25) is 5.13 Å². The first kappa shape index (κ1) is 24.6. The van der Waals surface area contributed by atoms with E-state index >= 15 is 0 Å². The van der Waals surface area contributed by atoms with Crippen LogP contribution in [-0.2, 0) is 17.3 Å². The van der Waals surface area contributed by atoms with Crippen LogP contribution in [0.1, 0.15) is 11.1 Å². The van der Waals surface area contributed by atoms with Crippen molar-refractivity contribution in [1.82, 2.24) is 4.98 Å². The van der Waals surface area contributed by atoms with Gasteiger partial charge in [0.15, 0.2) is 11.1 Å². The molecule has 3 N–H and O–H groups in total. The first-order valence-corrected chi connectivity index (χ1v) is 10.8. The second kappa shape index (κ2) is 9.45. The fourth-order valence-corrected chi connectivity index (χ4v) is 3.88. The summed E-state index contributed by atoms with van der Waals surface area (Å²) in [4.78, 5) is 8.40. The SMILES string of the molecule is N/C(=C\C(=N\c1ncc(-c2cccc(S(=O)O)c2)s1)c1ccccc1C(F)(F)F)C(F)(F)F. The topological polar surface area (TPSA) is 88.6 Å². The molecule has 174 valence electrons. The van der Waals surface area contributed by atoms with Gasteiger partial charge in [-0.3, -0.25) is 0 Å². The number of alkyl halides is 6. The Bertz CT molecular complexity index is 1250. The van der Waals surface area contributed by atoms with E-state index < -0.39 is 46.0 Å². The van der Waals surface area contributed by atoms with Gasteiger partial charge in [-0.25, -0.2) is 14.2 Å². The molecule has 0 radical (unpaired) electrons. The summed E-state index contributed by atoms with van der Waals surface area (Å²) in [6, 6.07) is 9.95. The van der Waals surface area contributed by atoms with E-state index in [0.717, 1.165) is 29.5 Å². The molecule has 1 heterocycles. The van der Waals surface area contributed by atoms with E-state index in [1.54, 1.807) is 6.07 Å². The number of nitrogens with zero attached hydrogens (tertiary/aromatic N) is 2. The molecule has 1 aromatic heterocycles. The third-order valence-corrected chi connectivity index (χ3v) is 5.76. The van der Waals surface area contributed by atoms with Crippen LogP contribution in [0.15, 0.2) is 76.4 Å². The van der Waals surface area contributed by atoms with Gasteiger partial charge in [0.1, 0.15) is 5.70 Å². The Morgan fingerprint density at radius 3 is 2.42 bits per heavy atom. The van der Waals surface area contributed by atoms with Crippen molar-refractivity contribution in [2.75, 3.05) is 0 Å². The van der Waals surface area contributed by atoms with Crippen molar-refractivity contribution >= 4 is 33.3 Å². The summed E-state index contributed by atoms with van der Waals surface area (Å²) in [6.45, 7) is 0. The number of nitrogens with two attached hydrogens (primary N) is 1. The second-order valence-corrected chi connectivity index (χ2v) is 8.40. The fourth-order valence-electron chi connectivity index (χ4n) is 2.66. The maximum atomic E-state index is 13.5. The molecular formula is C20H13F6N3O2S2. The van der Waals surface area contributed by atoms with Crippen molar-refractivity contribution in [3.05, 3.63) is 77.6 Å². The Hall–Kier alpha value is -3.03. The summed E-state index contributed by atoms with van der Waals surface area (Å²) >= 11 is -1.38. The molecule has 0 saturated carbocycles. The van der Waals surface area contributed by atoms with Gasteiger partial charge < -0.3 is 10.3 Å². The summed E-state index contributed by atoms with van der Waals surface area (Å²) in [5, 5.41) is -0.140. The van der Waals surface area contributed by atoms with Crippen LogP contribution in [0.4, 0.5) is 31.5 Å². The number of rotatable bonds is 5. The van der Waals surface area contributed by atoms with Gasteiger partial charge in [-0.2, -0.15) is 26.3 Å². The molecule has 3 rings (SSSR count).